The summed E-state index contributed by atoms with van der Waals surface area (Å²) in [6.07, 6.45) is 0. The molecule has 7 nitrogen and oxygen atoms in total. The van der Waals surface area contributed by atoms with Gasteiger partial charge in [0.2, 0.25) is 0 Å². The molecule has 1 heterocycles. The van der Waals surface area contributed by atoms with Gasteiger partial charge < -0.3 is 19.1 Å². The highest BCUT2D eigenvalue weighted by Gasteiger charge is 2.24. The number of thiazole rings is 1. The second-order valence-electron chi connectivity index (χ2n) is 6.86. The molecule has 2 aromatic carbocycles. The van der Waals surface area contributed by atoms with E-state index in [-0.39, 0.29) is 5.91 Å². The van der Waals surface area contributed by atoms with Gasteiger partial charge in [-0.05, 0) is 49.5 Å². The van der Waals surface area contributed by atoms with Gasteiger partial charge in [-0.15, -0.1) is 0 Å². The monoisotopic (exact) mass is 443 g/mol. The van der Waals surface area contributed by atoms with Gasteiger partial charge >= 0.3 is 0 Å². The van der Waals surface area contributed by atoms with Crippen LogP contribution in [0.2, 0.25) is 0 Å². The maximum atomic E-state index is 13.5. The summed E-state index contributed by atoms with van der Waals surface area (Å²) in [5.74, 6) is 1.96. The molecular weight excluding hydrogens is 414 g/mol. The van der Waals surface area contributed by atoms with Crippen LogP contribution >= 0.6 is 11.3 Å². The van der Waals surface area contributed by atoms with Gasteiger partial charge in [-0.3, -0.25) is 9.69 Å². The molecule has 0 aliphatic carbocycles. The number of ether oxygens (including phenoxy) is 3. The molecule has 0 spiro atoms. The summed E-state index contributed by atoms with van der Waals surface area (Å²) in [6, 6.07) is 10.8. The van der Waals surface area contributed by atoms with Crippen LogP contribution in [0.1, 0.15) is 24.2 Å². The first-order valence-electron chi connectivity index (χ1n) is 10.3. The third-order valence-corrected chi connectivity index (χ3v) is 6.34. The zero-order chi connectivity index (χ0) is 22.4. The Morgan fingerprint density at radius 1 is 0.903 bits per heavy atom. The fourth-order valence-electron chi connectivity index (χ4n) is 3.34. The Labute approximate surface area is 187 Å². The molecule has 0 aliphatic rings. The summed E-state index contributed by atoms with van der Waals surface area (Å²) in [5, 5.41) is 0.616. The average molecular weight is 444 g/mol. The van der Waals surface area contributed by atoms with Crippen LogP contribution in [0.3, 0.4) is 0 Å². The fraction of sp³-hybridized carbons (Fsp3) is 0.391. The van der Waals surface area contributed by atoms with Gasteiger partial charge in [0.05, 0.1) is 21.3 Å². The molecule has 1 amide bonds. The number of methoxy groups -OCH3 is 3. The molecule has 8 heteroatoms. The smallest absolute Gasteiger partial charge is 0.260 e. The number of anilines is 1. The van der Waals surface area contributed by atoms with Crippen molar-refractivity contribution >= 4 is 32.6 Å². The minimum Gasteiger partial charge on any atom is -0.497 e. The van der Waals surface area contributed by atoms with E-state index < -0.39 is 0 Å². The number of rotatable bonds is 10. The molecule has 0 radical (unpaired) electrons. The Balaban J connectivity index is 2.03. The maximum Gasteiger partial charge on any atom is 0.260 e. The molecular formula is C23H29N3O4S. The third kappa shape index (κ3) is 4.91. The zero-order valence-corrected chi connectivity index (χ0v) is 19.5. The standard InChI is InChI=1S/C23H29N3O4S/c1-6-25(7-2)14-15-26(22(27)16-8-10-17(28-3)11-9-16)23-24-20-18(29-4)12-13-19(30-5)21(20)31-23/h8-13H,6-7,14-15H2,1-5H3. The quantitative estimate of drug-likeness (QED) is 0.465. The van der Waals surface area contributed by atoms with E-state index in [1.165, 1.54) is 11.3 Å². The lowest BCUT2D eigenvalue weighted by atomic mass is 10.2. The summed E-state index contributed by atoms with van der Waals surface area (Å²) in [7, 11) is 4.84. The van der Waals surface area contributed by atoms with Crippen molar-refractivity contribution < 1.29 is 19.0 Å². The summed E-state index contributed by atoms with van der Waals surface area (Å²) < 4.78 is 17.1. The van der Waals surface area contributed by atoms with Crippen molar-refractivity contribution in [3.05, 3.63) is 42.0 Å². The van der Waals surface area contributed by atoms with Crippen LogP contribution in [0.25, 0.3) is 10.2 Å². The van der Waals surface area contributed by atoms with Gasteiger partial charge in [0.25, 0.3) is 5.91 Å². The number of nitrogens with zero attached hydrogens (tertiary/aromatic N) is 3. The molecule has 0 atom stereocenters. The topological polar surface area (TPSA) is 64.1 Å². The van der Waals surface area contributed by atoms with Gasteiger partial charge in [-0.25, -0.2) is 4.98 Å². The largest absolute Gasteiger partial charge is 0.497 e. The molecule has 0 unspecified atom stereocenters. The van der Waals surface area contributed by atoms with Gasteiger partial charge in [0, 0.05) is 18.7 Å². The predicted octanol–water partition coefficient (Wildman–Crippen LogP) is 4.31. The SMILES string of the molecule is CCN(CC)CCN(C(=O)c1ccc(OC)cc1)c1nc2c(OC)ccc(OC)c2s1. The van der Waals surface area contributed by atoms with E-state index >= 15 is 0 Å². The lowest BCUT2D eigenvalue weighted by Crippen LogP contribution is -2.38. The minimum atomic E-state index is -0.105. The summed E-state index contributed by atoms with van der Waals surface area (Å²) in [5.41, 5.74) is 1.27. The van der Waals surface area contributed by atoms with E-state index in [9.17, 15) is 4.79 Å². The second-order valence-corrected chi connectivity index (χ2v) is 7.83. The predicted molar refractivity (Wildman–Crippen MR) is 125 cm³/mol. The van der Waals surface area contributed by atoms with Crippen LogP contribution in [0.5, 0.6) is 17.2 Å². The van der Waals surface area contributed by atoms with Crippen LogP contribution in [0, 0.1) is 0 Å². The maximum absolute atomic E-state index is 13.5. The molecule has 0 aliphatic heterocycles. The molecule has 0 N–H and O–H groups in total. The van der Waals surface area contributed by atoms with Crippen molar-refractivity contribution in [2.75, 3.05) is 52.4 Å². The van der Waals surface area contributed by atoms with E-state index in [2.05, 4.69) is 18.7 Å². The first-order valence-corrected chi connectivity index (χ1v) is 11.1. The van der Waals surface area contributed by atoms with Crippen molar-refractivity contribution in [2.24, 2.45) is 0 Å². The highest BCUT2D eigenvalue weighted by atomic mass is 32.1. The highest BCUT2D eigenvalue weighted by Crippen LogP contribution is 2.40. The molecule has 0 bridgehead atoms. The highest BCUT2D eigenvalue weighted by molar-refractivity contribution is 7.22. The first-order chi connectivity index (χ1) is 15.1. The normalized spacial score (nSPS) is 11.0. The van der Waals surface area contributed by atoms with Crippen molar-refractivity contribution in [1.29, 1.82) is 0 Å². The molecule has 31 heavy (non-hydrogen) atoms. The van der Waals surface area contributed by atoms with Crippen LogP contribution in [-0.4, -0.2) is 63.3 Å². The Hall–Kier alpha value is -2.84. The number of hydrogen-bond donors (Lipinski definition) is 0. The Morgan fingerprint density at radius 3 is 2.13 bits per heavy atom. The second kappa shape index (κ2) is 10.5. The van der Waals surface area contributed by atoms with Gasteiger partial charge in [-0.2, -0.15) is 0 Å². The van der Waals surface area contributed by atoms with E-state index in [1.54, 1.807) is 50.5 Å². The molecule has 0 saturated carbocycles. The van der Waals surface area contributed by atoms with E-state index in [0.717, 1.165) is 24.3 Å². The van der Waals surface area contributed by atoms with Crippen molar-refractivity contribution in [1.82, 2.24) is 9.88 Å². The van der Waals surface area contributed by atoms with Crippen molar-refractivity contribution in [2.45, 2.75) is 13.8 Å². The lowest BCUT2D eigenvalue weighted by molar-refractivity contribution is 0.0983. The zero-order valence-electron chi connectivity index (χ0n) is 18.7. The van der Waals surface area contributed by atoms with E-state index in [0.29, 0.717) is 40.0 Å². The summed E-state index contributed by atoms with van der Waals surface area (Å²) >= 11 is 1.43. The van der Waals surface area contributed by atoms with Crippen molar-refractivity contribution in [3.63, 3.8) is 0 Å². The molecule has 0 fully saturated rings. The minimum absolute atomic E-state index is 0.105. The summed E-state index contributed by atoms with van der Waals surface area (Å²) in [4.78, 5) is 22.3. The number of likely N-dealkylation sites (N-methyl/N-ethyl adjacent to an activating group) is 1. The molecule has 3 aromatic rings. The number of fused-ring (bicyclic) bond motifs is 1. The Bertz CT molecular complexity index is 975. The lowest BCUT2D eigenvalue weighted by Gasteiger charge is -2.24. The fourth-order valence-corrected chi connectivity index (χ4v) is 4.44. The summed E-state index contributed by atoms with van der Waals surface area (Å²) in [6.45, 7) is 7.35. The Morgan fingerprint density at radius 2 is 1.55 bits per heavy atom. The number of carbonyl (C=O) groups excluding carboxylic acids is 1. The van der Waals surface area contributed by atoms with Crippen LogP contribution in [0.15, 0.2) is 36.4 Å². The average Bonchev–Trinajstić information content (AvgIpc) is 3.26. The molecule has 0 saturated heterocycles. The van der Waals surface area contributed by atoms with Gasteiger partial charge in [-0.1, -0.05) is 25.2 Å². The first kappa shape index (κ1) is 22.8. The molecule has 166 valence electrons. The van der Waals surface area contributed by atoms with Gasteiger partial charge in [0.15, 0.2) is 5.13 Å². The number of aromatic nitrogens is 1. The van der Waals surface area contributed by atoms with Crippen LogP contribution in [0.4, 0.5) is 5.13 Å². The van der Waals surface area contributed by atoms with E-state index in [4.69, 9.17) is 19.2 Å². The third-order valence-electron chi connectivity index (χ3n) is 5.25. The number of amides is 1. The number of carbonyl (C=O) groups is 1. The van der Waals surface area contributed by atoms with Crippen LogP contribution < -0.4 is 19.1 Å². The molecule has 3 rings (SSSR count). The van der Waals surface area contributed by atoms with Crippen LogP contribution in [-0.2, 0) is 0 Å². The van der Waals surface area contributed by atoms with Crippen molar-refractivity contribution in [3.8, 4) is 17.2 Å². The number of hydrogen-bond acceptors (Lipinski definition) is 7. The number of benzene rings is 2. The van der Waals surface area contributed by atoms with Gasteiger partial charge in [0.1, 0.15) is 27.5 Å². The Kier molecular flexibility index (Phi) is 7.70. The van der Waals surface area contributed by atoms with E-state index in [1.807, 2.05) is 12.1 Å². The molecule has 1 aromatic heterocycles.